The number of halogens is 1. The third-order valence-electron chi connectivity index (χ3n) is 4.75. The van der Waals surface area contributed by atoms with Gasteiger partial charge < -0.3 is 4.74 Å². The number of nitrogens with zero attached hydrogens (tertiary/aromatic N) is 3. The number of aryl methyl sites for hydroxylation is 1. The molecule has 0 unspecified atom stereocenters. The van der Waals surface area contributed by atoms with Crippen molar-refractivity contribution in [3.05, 3.63) is 89.5 Å². The topological polar surface area (TPSA) is 39.9 Å². The molecule has 0 aliphatic heterocycles. The maximum atomic E-state index is 6.49. The van der Waals surface area contributed by atoms with Crippen LogP contribution in [0.3, 0.4) is 0 Å². The van der Waals surface area contributed by atoms with E-state index in [4.69, 9.17) is 16.3 Å². The van der Waals surface area contributed by atoms with Crippen molar-refractivity contribution in [2.24, 2.45) is 0 Å². The summed E-state index contributed by atoms with van der Waals surface area (Å²) in [4.78, 5) is 0. The first-order valence-corrected chi connectivity index (χ1v) is 9.56. The van der Waals surface area contributed by atoms with Crippen LogP contribution in [0.25, 0.3) is 22.3 Å². The molecule has 140 valence electrons. The van der Waals surface area contributed by atoms with Crippen LogP contribution < -0.4 is 4.74 Å². The minimum absolute atomic E-state index is 0.324. The van der Waals surface area contributed by atoms with Crippen LogP contribution >= 0.6 is 11.6 Å². The lowest BCUT2D eigenvalue weighted by Gasteiger charge is -2.17. The average molecular weight is 390 g/mol. The molecule has 0 fully saturated rings. The van der Waals surface area contributed by atoms with Crippen LogP contribution in [-0.4, -0.2) is 28.0 Å². The van der Waals surface area contributed by atoms with E-state index in [-0.39, 0.29) is 0 Å². The van der Waals surface area contributed by atoms with Crippen LogP contribution in [0, 0.1) is 6.92 Å². The van der Waals surface area contributed by atoms with Gasteiger partial charge in [-0.3, -0.25) is 0 Å². The Balaban J connectivity index is 2.07. The van der Waals surface area contributed by atoms with Gasteiger partial charge in [-0.2, -0.15) is 0 Å². The molecule has 1 aromatic heterocycles. The number of aromatic nitrogens is 3. The minimum atomic E-state index is 0.324. The molecular formula is C23H20ClN3O. The van der Waals surface area contributed by atoms with Gasteiger partial charge in [-0.1, -0.05) is 59.3 Å². The second-order valence-electron chi connectivity index (χ2n) is 6.52. The molecule has 0 atom stereocenters. The smallest absolute Gasteiger partial charge is 0.128 e. The number of methoxy groups -OCH3 is 1. The number of ether oxygens (including phenoxy) is 1. The van der Waals surface area contributed by atoms with Crippen LogP contribution in [0.2, 0.25) is 0 Å². The summed E-state index contributed by atoms with van der Waals surface area (Å²) in [5.41, 5.74) is 6.72. The Bertz CT molecular complexity index is 1150. The van der Waals surface area contributed by atoms with E-state index < -0.39 is 0 Å². The van der Waals surface area contributed by atoms with Gasteiger partial charge in [-0.05, 0) is 36.8 Å². The van der Waals surface area contributed by atoms with E-state index in [1.807, 2.05) is 53.2 Å². The fourth-order valence-corrected chi connectivity index (χ4v) is 3.59. The zero-order valence-electron chi connectivity index (χ0n) is 15.8. The predicted octanol–water partition coefficient (Wildman–Crippen LogP) is 5.40. The van der Waals surface area contributed by atoms with Crippen molar-refractivity contribution >= 4 is 33.9 Å². The zero-order chi connectivity index (χ0) is 19.5. The van der Waals surface area contributed by atoms with Crippen LogP contribution in [0.15, 0.2) is 72.8 Å². The Labute approximate surface area is 169 Å². The number of fused-ring (bicyclic) bond motifs is 1. The lowest BCUT2D eigenvalue weighted by atomic mass is 9.99. The summed E-state index contributed by atoms with van der Waals surface area (Å²) in [7, 11) is 1.67. The first-order chi connectivity index (χ1) is 13.7. The Morgan fingerprint density at radius 1 is 0.964 bits per heavy atom. The number of rotatable bonds is 5. The Morgan fingerprint density at radius 2 is 1.68 bits per heavy atom. The number of hydrogen-bond acceptors (Lipinski definition) is 3. The van der Waals surface area contributed by atoms with Crippen molar-refractivity contribution in [1.29, 1.82) is 0 Å². The summed E-state index contributed by atoms with van der Waals surface area (Å²) in [5.74, 6) is 1.08. The highest BCUT2D eigenvalue weighted by Crippen LogP contribution is 2.35. The molecule has 1 heterocycles. The lowest BCUT2D eigenvalue weighted by Crippen LogP contribution is -2.07. The summed E-state index contributed by atoms with van der Waals surface area (Å²) in [6.45, 7) is 2.07. The molecule has 4 nitrogen and oxygen atoms in total. The molecule has 0 radical (unpaired) electrons. The quantitative estimate of drug-likeness (QED) is 0.338. The minimum Gasteiger partial charge on any atom is -0.496 e. The van der Waals surface area contributed by atoms with E-state index in [9.17, 15) is 0 Å². The summed E-state index contributed by atoms with van der Waals surface area (Å²) in [6.07, 6.45) is 0. The molecule has 0 spiro atoms. The van der Waals surface area contributed by atoms with Gasteiger partial charge in [0.2, 0.25) is 0 Å². The normalized spacial score (nSPS) is 12.1. The Kier molecular flexibility index (Phi) is 5.13. The molecule has 4 aromatic rings. The van der Waals surface area contributed by atoms with Crippen LogP contribution in [0.5, 0.6) is 5.75 Å². The predicted molar refractivity (Wildman–Crippen MR) is 115 cm³/mol. The molecule has 0 saturated heterocycles. The Morgan fingerprint density at radius 3 is 2.43 bits per heavy atom. The molecule has 0 saturated carbocycles. The van der Waals surface area contributed by atoms with Gasteiger partial charge in [0.15, 0.2) is 0 Å². The van der Waals surface area contributed by atoms with Gasteiger partial charge in [0.1, 0.15) is 11.3 Å². The molecule has 3 aromatic carbocycles. The average Bonchev–Trinajstić information content (AvgIpc) is 3.16. The molecule has 5 heteroatoms. The fraction of sp³-hybridized carbons (Fsp3) is 0.130. The number of allylic oxidation sites excluding steroid dienone is 1. The van der Waals surface area contributed by atoms with Crippen molar-refractivity contribution in [2.75, 3.05) is 13.0 Å². The zero-order valence-corrected chi connectivity index (χ0v) is 16.5. The van der Waals surface area contributed by atoms with E-state index in [0.29, 0.717) is 5.88 Å². The molecule has 0 bridgehead atoms. The molecule has 0 aliphatic carbocycles. The van der Waals surface area contributed by atoms with Gasteiger partial charge in [0.05, 0.1) is 24.2 Å². The second kappa shape index (κ2) is 7.87. The maximum Gasteiger partial charge on any atom is 0.128 e. The molecule has 4 rings (SSSR count). The van der Waals surface area contributed by atoms with E-state index in [1.165, 1.54) is 5.56 Å². The summed E-state index contributed by atoms with van der Waals surface area (Å²) in [6, 6.07) is 24.1. The first-order valence-electron chi connectivity index (χ1n) is 9.03. The fourth-order valence-electron chi connectivity index (χ4n) is 3.31. The molecular weight excluding hydrogens is 370 g/mol. The van der Waals surface area contributed by atoms with E-state index in [0.717, 1.165) is 39.2 Å². The summed E-state index contributed by atoms with van der Waals surface area (Å²) < 4.78 is 7.50. The molecule has 28 heavy (non-hydrogen) atoms. The number of alkyl halides is 1. The Hall–Kier alpha value is -3.11. The maximum absolute atomic E-state index is 6.49. The summed E-state index contributed by atoms with van der Waals surface area (Å²) >= 11 is 6.49. The highest BCUT2D eigenvalue weighted by atomic mass is 35.5. The molecule has 0 amide bonds. The summed E-state index contributed by atoms with van der Waals surface area (Å²) in [5, 5.41) is 8.79. The third-order valence-corrected chi connectivity index (χ3v) is 5.01. The van der Waals surface area contributed by atoms with Gasteiger partial charge in [0.25, 0.3) is 0 Å². The van der Waals surface area contributed by atoms with Crippen molar-refractivity contribution in [2.45, 2.75) is 6.92 Å². The van der Waals surface area contributed by atoms with Crippen molar-refractivity contribution in [3.63, 3.8) is 0 Å². The highest BCUT2D eigenvalue weighted by Gasteiger charge is 2.20. The monoisotopic (exact) mass is 389 g/mol. The van der Waals surface area contributed by atoms with Crippen molar-refractivity contribution in [3.8, 4) is 5.75 Å². The van der Waals surface area contributed by atoms with Gasteiger partial charge in [-0.15, -0.1) is 16.7 Å². The number of para-hydroxylation sites is 2. The van der Waals surface area contributed by atoms with Crippen LogP contribution in [-0.2, 0) is 0 Å². The van der Waals surface area contributed by atoms with Gasteiger partial charge >= 0.3 is 0 Å². The SMILES string of the molecule is COc1ccccc1/C(=C(\CCl)c1ccc(C)cc1)n1nnc2ccccc21. The third kappa shape index (κ3) is 3.27. The van der Waals surface area contributed by atoms with Gasteiger partial charge in [-0.25, -0.2) is 4.68 Å². The molecule has 0 aliphatic rings. The van der Waals surface area contributed by atoms with E-state index in [1.54, 1.807) is 7.11 Å². The van der Waals surface area contributed by atoms with Crippen LogP contribution in [0.1, 0.15) is 16.7 Å². The van der Waals surface area contributed by atoms with E-state index >= 15 is 0 Å². The van der Waals surface area contributed by atoms with E-state index in [2.05, 4.69) is 41.5 Å². The first kappa shape index (κ1) is 18.3. The standard InChI is InChI=1S/C23H20ClN3O/c1-16-11-13-17(14-12-16)19(15-24)23(18-7-3-6-10-22(18)28-2)27-21-9-5-4-8-20(21)25-26-27/h3-14H,15H2,1-2H3/b23-19-. The molecule has 0 N–H and O–H groups in total. The lowest BCUT2D eigenvalue weighted by molar-refractivity contribution is 0.413. The number of hydrogen-bond donors (Lipinski definition) is 0. The van der Waals surface area contributed by atoms with Crippen LogP contribution in [0.4, 0.5) is 0 Å². The number of benzene rings is 3. The highest BCUT2D eigenvalue weighted by molar-refractivity contribution is 6.25. The largest absolute Gasteiger partial charge is 0.496 e. The second-order valence-corrected chi connectivity index (χ2v) is 6.78. The van der Waals surface area contributed by atoms with Gasteiger partial charge in [0, 0.05) is 11.1 Å². The van der Waals surface area contributed by atoms with Crippen molar-refractivity contribution in [1.82, 2.24) is 15.0 Å². The van der Waals surface area contributed by atoms with Crippen molar-refractivity contribution < 1.29 is 4.74 Å².